The number of carboxylic acids is 1. The van der Waals surface area contributed by atoms with Gasteiger partial charge in [-0.05, 0) is 12.8 Å². The predicted molar refractivity (Wildman–Crippen MR) is 71.5 cm³/mol. The lowest BCUT2D eigenvalue weighted by Gasteiger charge is -2.41. The van der Waals surface area contributed by atoms with Gasteiger partial charge in [-0.1, -0.05) is 12.8 Å². The number of aliphatic carboxylic acids is 1. The van der Waals surface area contributed by atoms with Crippen molar-refractivity contribution >= 4 is 21.9 Å². The standard InChI is InChI=1S/C12H20N2O5S/c1-13(8-11(15)16)20(18,19)10-6-14(7-10)12(17)9-4-2-3-5-9/h9-10H,2-8H2,1H3,(H,15,16). The lowest BCUT2D eigenvalue weighted by atomic mass is 10.0. The minimum absolute atomic E-state index is 0.0508. The van der Waals surface area contributed by atoms with Gasteiger partial charge in [-0.25, -0.2) is 8.42 Å². The summed E-state index contributed by atoms with van der Waals surface area (Å²) in [6.07, 6.45) is 3.91. The number of sulfonamides is 1. The number of amides is 1. The van der Waals surface area contributed by atoms with Crippen molar-refractivity contribution in [1.82, 2.24) is 9.21 Å². The van der Waals surface area contributed by atoms with Crippen LogP contribution in [0.25, 0.3) is 0 Å². The largest absolute Gasteiger partial charge is 0.480 e. The van der Waals surface area contributed by atoms with E-state index in [0.717, 1.165) is 30.0 Å². The highest BCUT2D eigenvalue weighted by Crippen LogP contribution is 2.29. The van der Waals surface area contributed by atoms with Crippen LogP contribution in [0.5, 0.6) is 0 Å². The Morgan fingerprint density at radius 3 is 2.30 bits per heavy atom. The Kier molecular flexibility index (Phi) is 4.33. The first kappa shape index (κ1) is 15.2. The predicted octanol–water partition coefficient (Wildman–Crippen LogP) is -0.266. The van der Waals surface area contributed by atoms with Crippen LogP contribution in [0.15, 0.2) is 0 Å². The van der Waals surface area contributed by atoms with E-state index in [1.54, 1.807) is 4.90 Å². The number of hydrogen-bond donors (Lipinski definition) is 1. The van der Waals surface area contributed by atoms with E-state index < -0.39 is 27.8 Å². The number of carboxylic acid groups (broad SMARTS) is 1. The molecule has 0 unspecified atom stereocenters. The summed E-state index contributed by atoms with van der Waals surface area (Å²) >= 11 is 0. The molecule has 0 aromatic carbocycles. The fraction of sp³-hybridized carbons (Fsp3) is 0.833. The Morgan fingerprint density at radius 1 is 1.25 bits per heavy atom. The number of rotatable bonds is 5. The van der Waals surface area contributed by atoms with Gasteiger partial charge < -0.3 is 10.0 Å². The minimum Gasteiger partial charge on any atom is -0.480 e. The topological polar surface area (TPSA) is 95.0 Å². The minimum atomic E-state index is -3.63. The van der Waals surface area contributed by atoms with E-state index >= 15 is 0 Å². The molecule has 1 N–H and O–H groups in total. The summed E-state index contributed by atoms with van der Waals surface area (Å²) in [5, 5.41) is 7.96. The molecule has 1 aliphatic carbocycles. The second-order valence-corrected chi connectivity index (χ2v) is 7.86. The molecule has 1 aliphatic heterocycles. The highest BCUT2D eigenvalue weighted by molar-refractivity contribution is 7.89. The van der Waals surface area contributed by atoms with Gasteiger partial charge in [0.05, 0.1) is 0 Å². The van der Waals surface area contributed by atoms with Crippen LogP contribution in [-0.4, -0.2) is 66.5 Å². The van der Waals surface area contributed by atoms with E-state index in [1.807, 2.05) is 0 Å². The summed E-state index contributed by atoms with van der Waals surface area (Å²) in [5.74, 6) is -1.08. The molecule has 7 nitrogen and oxygen atoms in total. The molecule has 1 saturated heterocycles. The first-order valence-electron chi connectivity index (χ1n) is 6.78. The van der Waals surface area contributed by atoms with Crippen LogP contribution in [0, 0.1) is 5.92 Å². The van der Waals surface area contributed by atoms with E-state index in [2.05, 4.69) is 0 Å². The highest BCUT2D eigenvalue weighted by Gasteiger charge is 2.43. The molecule has 1 heterocycles. The molecule has 2 fully saturated rings. The number of likely N-dealkylation sites (tertiary alicyclic amines) is 1. The summed E-state index contributed by atoms with van der Waals surface area (Å²) < 4.78 is 25.0. The maximum Gasteiger partial charge on any atom is 0.318 e. The molecule has 2 rings (SSSR count). The van der Waals surface area contributed by atoms with Crippen LogP contribution in [-0.2, 0) is 19.6 Å². The Bertz CT molecular complexity index is 492. The molecule has 0 bridgehead atoms. The maximum absolute atomic E-state index is 12.1. The van der Waals surface area contributed by atoms with Crippen molar-refractivity contribution in [2.24, 2.45) is 5.92 Å². The first-order chi connectivity index (χ1) is 9.32. The second kappa shape index (κ2) is 5.69. The molecular formula is C12H20N2O5S. The summed E-state index contributed by atoms with van der Waals surface area (Å²) in [7, 11) is -2.37. The monoisotopic (exact) mass is 304 g/mol. The van der Waals surface area contributed by atoms with Crippen molar-refractivity contribution in [2.75, 3.05) is 26.7 Å². The molecule has 0 aromatic rings. The molecule has 1 amide bonds. The molecular weight excluding hydrogens is 284 g/mol. The van der Waals surface area contributed by atoms with Crippen LogP contribution in [0.3, 0.4) is 0 Å². The second-order valence-electron chi connectivity index (χ2n) is 5.54. The van der Waals surface area contributed by atoms with Crippen molar-refractivity contribution in [2.45, 2.75) is 30.9 Å². The lowest BCUT2D eigenvalue weighted by Crippen LogP contribution is -2.60. The van der Waals surface area contributed by atoms with Gasteiger partial charge in [-0.15, -0.1) is 0 Å². The third kappa shape index (κ3) is 2.95. The maximum atomic E-state index is 12.1. The zero-order valence-corrected chi connectivity index (χ0v) is 12.3. The molecule has 2 aliphatic rings. The molecule has 114 valence electrons. The highest BCUT2D eigenvalue weighted by atomic mass is 32.2. The Morgan fingerprint density at radius 2 is 1.80 bits per heavy atom. The normalized spacial score (nSPS) is 21.2. The Balaban J connectivity index is 1.88. The fourth-order valence-electron chi connectivity index (χ4n) is 2.77. The number of nitrogens with zero attached hydrogens (tertiary/aromatic N) is 2. The molecule has 0 radical (unpaired) electrons. The van der Waals surface area contributed by atoms with E-state index in [4.69, 9.17) is 5.11 Å². The van der Waals surface area contributed by atoms with Crippen molar-refractivity contribution in [1.29, 1.82) is 0 Å². The van der Waals surface area contributed by atoms with Crippen molar-refractivity contribution in [3.63, 3.8) is 0 Å². The number of carbonyl (C=O) groups excluding carboxylic acids is 1. The molecule has 8 heteroatoms. The van der Waals surface area contributed by atoms with Crippen LogP contribution >= 0.6 is 0 Å². The smallest absolute Gasteiger partial charge is 0.318 e. The number of likely N-dealkylation sites (N-methyl/N-ethyl adjacent to an activating group) is 1. The zero-order valence-electron chi connectivity index (χ0n) is 11.5. The van der Waals surface area contributed by atoms with Gasteiger partial charge in [-0.3, -0.25) is 9.59 Å². The zero-order chi connectivity index (χ0) is 14.9. The van der Waals surface area contributed by atoms with Gasteiger partial charge in [0.25, 0.3) is 0 Å². The molecule has 0 aromatic heterocycles. The summed E-state index contributed by atoms with van der Waals surface area (Å²) in [6, 6.07) is 0. The van der Waals surface area contributed by atoms with Crippen molar-refractivity contribution in [3.05, 3.63) is 0 Å². The van der Waals surface area contributed by atoms with Gasteiger partial charge in [0.2, 0.25) is 15.9 Å². The Labute approximate surface area is 118 Å². The van der Waals surface area contributed by atoms with Crippen LogP contribution in [0.4, 0.5) is 0 Å². The van der Waals surface area contributed by atoms with Crippen molar-refractivity contribution in [3.8, 4) is 0 Å². The van der Waals surface area contributed by atoms with Crippen molar-refractivity contribution < 1.29 is 23.1 Å². The molecule has 0 atom stereocenters. The SMILES string of the molecule is CN(CC(=O)O)S(=O)(=O)C1CN(C(=O)C2CCCC2)C1. The van der Waals surface area contributed by atoms with Gasteiger partial charge in [0.1, 0.15) is 11.8 Å². The third-order valence-electron chi connectivity index (χ3n) is 4.08. The lowest BCUT2D eigenvalue weighted by molar-refractivity contribution is -0.139. The first-order valence-corrected chi connectivity index (χ1v) is 8.28. The summed E-state index contributed by atoms with van der Waals surface area (Å²) in [4.78, 5) is 24.2. The van der Waals surface area contributed by atoms with Gasteiger partial charge >= 0.3 is 5.97 Å². The third-order valence-corrected chi connectivity index (χ3v) is 6.22. The molecule has 1 saturated carbocycles. The molecule has 20 heavy (non-hydrogen) atoms. The average molecular weight is 304 g/mol. The fourth-order valence-corrected chi connectivity index (χ4v) is 4.31. The van der Waals surface area contributed by atoms with E-state index in [-0.39, 0.29) is 24.9 Å². The van der Waals surface area contributed by atoms with Gasteiger partial charge in [-0.2, -0.15) is 4.31 Å². The van der Waals surface area contributed by atoms with Crippen LogP contribution in [0.1, 0.15) is 25.7 Å². The number of hydrogen-bond acceptors (Lipinski definition) is 4. The average Bonchev–Trinajstić information content (AvgIpc) is 2.78. The number of carbonyl (C=O) groups is 2. The molecule has 0 spiro atoms. The van der Waals surface area contributed by atoms with Crippen LogP contribution < -0.4 is 0 Å². The Hall–Kier alpha value is -1.15. The van der Waals surface area contributed by atoms with E-state index in [0.29, 0.717) is 0 Å². The van der Waals surface area contributed by atoms with E-state index in [1.165, 1.54) is 7.05 Å². The van der Waals surface area contributed by atoms with Gasteiger partial charge in [0, 0.05) is 26.1 Å². The van der Waals surface area contributed by atoms with Gasteiger partial charge in [0.15, 0.2) is 0 Å². The summed E-state index contributed by atoms with van der Waals surface area (Å²) in [5.41, 5.74) is 0. The van der Waals surface area contributed by atoms with E-state index in [9.17, 15) is 18.0 Å². The summed E-state index contributed by atoms with van der Waals surface area (Å²) in [6.45, 7) is -0.182. The quantitative estimate of drug-likeness (QED) is 0.754. The van der Waals surface area contributed by atoms with Crippen LogP contribution in [0.2, 0.25) is 0 Å².